The molecule has 1 aliphatic heterocycles. The summed E-state index contributed by atoms with van der Waals surface area (Å²) in [6.07, 6.45) is 5.24. The van der Waals surface area contributed by atoms with Crippen LogP contribution in [-0.4, -0.2) is 29.4 Å². The fourth-order valence-corrected chi connectivity index (χ4v) is 3.35. The number of rotatable bonds is 6. The van der Waals surface area contributed by atoms with Gasteiger partial charge in [0.1, 0.15) is 0 Å². The molecule has 0 radical (unpaired) electrons. The van der Waals surface area contributed by atoms with Gasteiger partial charge in [0, 0.05) is 35.7 Å². The Kier molecular flexibility index (Phi) is 5.89. The van der Waals surface area contributed by atoms with Gasteiger partial charge in [0.2, 0.25) is 0 Å². The second-order valence-electron chi connectivity index (χ2n) is 6.82. The zero-order chi connectivity index (χ0) is 18.5. The minimum absolute atomic E-state index is 0.197. The molecule has 138 valence electrons. The van der Waals surface area contributed by atoms with Gasteiger partial charge in [0.25, 0.3) is 5.91 Å². The summed E-state index contributed by atoms with van der Waals surface area (Å²) in [5, 5.41) is 4.14. The Morgan fingerprint density at radius 2 is 2.12 bits per heavy atom. The van der Waals surface area contributed by atoms with Gasteiger partial charge >= 0.3 is 0 Å². The van der Waals surface area contributed by atoms with Crippen molar-refractivity contribution >= 4 is 12.1 Å². The van der Waals surface area contributed by atoms with Gasteiger partial charge in [-0.05, 0) is 56.9 Å². The van der Waals surface area contributed by atoms with Gasteiger partial charge in [0.15, 0.2) is 0 Å². The van der Waals surface area contributed by atoms with Crippen molar-refractivity contribution < 1.29 is 9.53 Å². The molecule has 3 rings (SSSR count). The molecule has 1 atom stereocenters. The fraction of sp³-hybridized carbons (Fsp3) is 0.429. The van der Waals surface area contributed by atoms with E-state index in [0.29, 0.717) is 11.7 Å². The maximum absolute atomic E-state index is 12.2. The van der Waals surface area contributed by atoms with Crippen molar-refractivity contribution in [2.24, 2.45) is 5.10 Å². The zero-order valence-electron chi connectivity index (χ0n) is 15.8. The zero-order valence-corrected chi connectivity index (χ0v) is 15.8. The summed E-state index contributed by atoms with van der Waals surface area (Å²) >= 11 is 0. The predicted octanol–water partition coefficient (Wildman–Crippen LogP) is 3.61. The number of hydrogen-bond acceptors (Lipinski definition) is 3. The standard InChI is InChI=1S/C21H27N3O2/c1-4-17-7-9-18(10-8-17)21(25)23-22-13-19-12-15(2)24(16(19)3)14-20-6-5-11-26-20/h7-10,12-13,20H,4-6,11,14H2,1-3H3,(H,23,25)/b22-13-/t20-/m1/s1. The maximum Gasteiger partial charge on any atom is 0.271 e. The summed E-state index contributed by atoms with van der Waals surface area (Å²) in [4.78, 5) is 12.2. The van der Waals surface area contributed by atoms with Gasteiger partial charge in [-0.2, -0.15) is 5.10 Å². The third-order valence-corrected chi connectivity index (χ3v) is 5.02. The summed E-state index contributed by atoms with van der Waals surface area (Å²) < 4.78 is 8.01. The van der Waals surface area contributed by atoms with Crippen LogP contribution in [0, 0.1) is 13.8 Å². The van der Waals surface area contributed by atoms with Crippen molar-refractivity contribution in [1.82, 2.24) is 9.99 Å². The second-order valence-corrected chi connectivity index (χ2v) is 6.82. The Labute approximate surface area is 155 Å². The van der Waals surface area contributed by atoms with Crippen molar-refractivity contribution in [2.45, 2.75) is 52.7 Å². The molecule has 1 fully saturated rings. The van der Waals surface area contributed by atoms with Crippen LogP contribution in [0.3, 0.4) is 0 Å². The van der Waals surface area contributed by atoms with Crippen LogP contribution in [0.2, 0.25) is 0 Å². The summed E-state index contributed by atoms with van der Waals surface area (Å²) in [6.45, 7) is 8.00. The van der Waals surface area contributed by atoms with E-state index in [4.69, 9.17) is 4.74 Å². The Bertz CT molecular complexity index is 784. The van der Waals surface area contributed by atoms with Crippen LogP contribution in [0.15, 0.2) is 35.4 Å². The van der Waals surface area contributed by atoms with Crippen LogP contribution in [-0.2, 0) is 17.7 Å². The van der Waals surface area contributed by atoms with E-state index in [-0.39, 0.29) is 5.91 Å². The number of hydrogen-bond donors (Lipinski definition) is 1. The SMILES string of the molecule is CCc1ccc(C(=O)N/N=C\c2cc(C)n(C[C@H]3CCCO3)c2C)cc1. The first-order chi connectivity index (χ1) is 12.6. The number of nitrogens with zero attached hydrogens (tertiary/aromatic N) is 2. The third kappa shape index (κ3) is 4.22. The van der Waals surface area contributed by atoms with Crippen molar-refractivity contribution in [2.75, 3.05) is 6.61 Å². The van der Waals surface area contributed by atoms with Crippen molar-refractivity contribution in [3.8, 4) is 0 Å². The van der Waals surface area contributed by atoms with Crippen LogP contribution in [0.25, 0.3) is 0 Å². The Balaban J connectivity index is 1.63. The van der Waals surface area contributed by atoms with Crippen LogP contribution < -0.4 is 5.43 Å². The fourth-order valence-electron chi connectivity index (χ4n) is 3.35. The third-order valence-electron chi connectivity index (χ3n) is 5.02. The molecule has 5 nitrogen and oxygen atoms in total. The molecule has 0 aliphatic carbocycles. The number of aryl methyl sites for hydroxylation is 2. The lowest BCUT2D eigenvalue weighted by Gasteiger charge is -2.14. The van der Waals surface area contributed by atoms with E-state index >= 15 is 0 Å². The molecular weight excluding hydrogens is 326 g/mol. The molecule has 0 bridgehead atoms. The van der Waals surface area contributed by atoms with Gasteiger partial charge in [-0.15, -0.1) is 0 Å². The predicted molar refractivity (Wildman–Crippen MR) is 104 cm³/mol. The molecule has 0 unspecified atom stereocenters. The molecule has 1 aliphatic rings. The lowest BCUT2D eigenvalue weighted by molar-refractivity contribution is 0.0954. The highest BCUT2D eigenvalue weighted by atomic mass is 16.5. The van der Waals surface area contributed by atoms with Gasteiger partial charge < -0.3 is 9.30 Å². The largest absolute Gasteiger partial charge is 0.376 e. The summed E-state index contributed by atoms with van der Waals surface area (Å²) in [6, 6.07) is 9.69. The van der Waals surface area contributed by atoms with E-state index in [2.05, 4.69) is 41.9 Å². The number of carbonyl (C=O) groups is 1. The summed E-state index contributed by atoms with van der Waals surface area (Å²) in [7, 11) is 0. The van der Waals surface area contributed by atoms with Crippen LogP contribution >= 0.6 is 0 Å². The number of hydrazone groups is 1. The molecule has 0 saturated carbocycles. The molecule has 2 aromatic rings. The van der Waals surface area contributed by atoms with Gasteiger partial charge in [-0.1, -0.05) is 19.1 Å². The lowest BCUT2D eigenvalue weighted by Crippen LogP contribution is -2.18. The monoisotopic (exact) mass is 353 g/mol. The summed E-state index contributed by atoms with van der Waals surface area (Å²) in [5.74, 6) is -0.197. The highest BCUT2D eigenvalue weighted by molar-refractivity contribution is 5.95. The second kappa shape index (κ2) is 8.32. The van der Waals surface area contributed by atoms with Crippen molar-refractivity contribution in [3.63, 3.8) is 0 Å². The van der Waals surface area contributed by atoms with Crippen molar-refractivity contribution in [1.29, 1.82) is 0 Å². The molecule has 1 N–H and O–H groups in total. The first-order valence-corrected chi connectivity index (χ1v) is 9.29. The van der Waals surface area contributed by atoms with E-state index in [1.54, 1.807) is 6.21 Å². The first kappa shape index (κ1) is 18.4. The van der Waals surface area contributed by atoms with Crippen LogP contribution in [0.1, 0.15) is 52.6 Å². The molecule has 5 heteroatoms. The highest BCUT2D eigenvalue weighted by Crippen LogP contribution is 2.19. The molecule has 2 heterocycles. The number of carbonyl (C=O) groups excluding carboxylic acids is 1. The number of amides is 1. The minimum atomic E-state index is -0.197. The average molecular weight is 353 g/mol. The molecule has 1 aromatic heterocycles. The minimum Gasteiger partial charge on any atom is -0.376 e. The van der Waals surface area contributed by atoms with E-state index in [0.717, 1.165) is 43.7 Å². The van der Waals surface area contributed by atoms with E-state index in [9.17, 15) is 4.79 Å². The maximum atomic E-state index is 12.2. The van der Waals surface area contributed by atoms with E-state index < -0.39 is 0 Å². The molecule has 1 aromatic carbocycles. The molecular formula is C21H27N3O2. The Morgan fingerprint density at radius 3 is 2.77 bits per heavy atom. The molecule has 1 saturated heterocycles. The van der Waals surface area contributed by atoms with E-state index in [1.807, 2.05) is 24.3 Å². The number of ether oxygens (including phenoxy) is 1. The van der Waals surface area contributed by atoms with Crippen LogP contribution in [0.5, 0.6) is 0 Å². The van der Waals surface area contributed by atoms with E-state index in [1.165, 1.54) is 11.3 Å². The number of nitrogens with one attached hydrogen (secondary N) is 1. The molecule has 0 spiro atoms. The molecule has 1 amide bonds. The molecule has 26 heavy (non-hydrogen) atoms. The first-order valence-electron chi connectivity index (χ1n) is 9.29. The van der Waals surface area contributed by atoms with Crippen LogP contribution in [0.4, 0.5) is 0 Å². The Morgan fingerprint density at radius 1 is 1.35 bits per heavy atom. The normalized spacial score (nSPS) is 17.1. The Hall–Kier alpha value is -2.40. The van der Waals surface area contributed by atoms with Gasteiger partial charge in [-0.25, -0.2) is 5.43 Å². The average Bonchev–Trinajstić information content (AvgIpc) is 3.26. The van der Waals surface area contributed by atoms with Gasteiger partial charge in [0.05, 0.1) is 12.3 Å². The topological polar surface area (TPSA) is 55.6 Å². The van der Waals surface area contributed by atoms with Crippen molar-refractivity contribution in [3.05, 3.63) is 58.4 Å². The summed E-state index contributed by atoms with van der Waals surface area (Å²) in [5.41, 5.74) is 7.78. The lowest BCUT2D eigenvalue weighted by atomic mass is 10.1. The number of aromatic nitrogens is 1. The van der Waals surface area contributed by atoms with Gasteiger partial charge in [-0.3, -0.25) is 4.79 Å². The number of benzene rings is 1. The highest BCUT2D eigenvalue weighted by Gasteiger charge is 2.18. The smallest absolute Gasteiger partial charge is 0.271 e. The quantitative estimate of drug-likeness (QED) is 0.637.